The smallest absolute Gasteiger partial charge is 0.274 e. The van der Waals surface area contributed by atoms with Gasteiger partial charge in [0.15, 0.2) is 11.5 Å². The second-order valence-corrected chi connectivity index (χ2v) is 4.51. The van der Waals surface area contributed by atoms with Crippen LogP contribution in [-0.2, 0) is 0 Å². The van der Waals surface area contributed by atoms with Crippen molar-refractivity contribution in [3.63, 3.8) is 0 Å². The number of halogens is 1. The second kappa shape index (κ2) is 7.42. The number of hydrogen-bond donors (Lipinski definition) is 1. The average Bonchev–Trinajstić information content (AvgIpc) is 2.55. The molecular formula is C15H14ClN3O3. The molecule has 0 atom stereocenters. The number of hydrogen-bond acceptors (Lipinski definition) is 5. The number of amides is 1. The Labute approximate surface area is 132 Å². The predicted molar refractivity (Wildman–Crippen MR) is 83.9 cm³/mol. The summed E-state index contributed by atoms with van der Waals surface area (Å²) in [6.45, 7) is 0. The highest BCUT2D eigenvalue weighted by Gasteiger charge is 2.09. The van der Waals surface area contributed by atoms with Crippen LogP contribution in [0.25, 0.3) is 0 Å². The number of ether oxygens (including phenoxy) is 2. The quantitative estimate of drug-likeness (QED) is 0.522. The fourth-order valence-corrected chi connectivity index (χ4v) is 1.92. The van der Waals surface area contributed by atoms with Crippen molar-refractivity contribution in [3.05, 3.63) is 52.8 Å². The van der Waals surface area contributed by atoms with Gasteiger partial charge in [-0.3, -0.25) is 4.79 Å². The largest absolute Gasteiger partial charge is 0.493 e. The number of carbonyl (C=O) groups is 1. The summed E-state index contributed by atoms with van der Waals surface area (Å²) in [5.74, 6) is 0.758. The van der Waals surface area contributed by atoms with Gasteiger partial charge < -0.3 is 9.47 Å². The van der Waals surface area contributed by atoms with Crippen LogP contribution in [0.2, 0.25) is 5.15 Å². The van der Waals surface area contributed by atoms with Crippen LogP contribution in [0.5, 0.6) is 11.5 Å². The molecule has 0 saturated heterocycles. The molecule has 1 N–H and O–H groups in total. The van der Waals surface area contributed by atoms with Gasteiger partial charge in [0.05, 0.1) is 26.0 Å². The van der Waals surface area contributed by atoms with Gasteiger partial charge in [0, 0.05) is 6.20 Å². The highest BCUT2D eigenvalue weighted by Crippen LogP contribution is 2.26. The lowest BCUT2D eigenvalue weighted by Gasteiger charge is -2.07. The first-order valence-electron chi connectivity index (χ1n) is 6.31. The Morgan fingerprint density at radius 3 is 2.73 bits per heavy atom. The predicted octanol–water partition coefficient (Wildman–Crippen LogP) is 2.52. The number of pyridine rings is 1. The van der Waals surface area contributed by atoms with Crippen LogP contribution in [-0.4, -0.2) is 31.3 Å². The monoisotopic (exact) mass is 319 g/mol. The Bertz CT molecular complexity index is 704. The summed E-state index contributed by atoms with van der Waals surface area (Å²) < 4.78 is 10.3. The van der Waals surface area contributed by atoms with Gasteiger partial charge in [0.1, 0.15) is 5.15 Å². The summed E-state index contributed by atoms with van der Waals surface area (Å²) in [5, 5.41) is 4.01. The van der Waals surface area contributed by atoms with Crippen LogP contribution in [0.4, 0.5) is 0 Å². The molecule has 6 nitrogen and oxygen atoms in total. The van der Waals surface area contributed by atoms with Gasteiger partial charge in [-0.1, -0.05) is 11.6 Å². The summed E-state index contributed by atoms with van der Waals surface area (Å²) in [7, 11) is 3.11. The van der Waals surface area contributed by atoms with E-state index in [1.54, 1.807) is 44.6 Å². The van der Waals surface area contributed by atoms with Gasteiger partial charge >= 0.3 is 0 Å². The van der Waals surface area contributed by atoms with E-state index in [2.05, 4.69) is 15.5 Å². The molecule has 0 aliphatic carbocycles. The SMILES string of the molecule is COc1ccc(C=NNC(=O)c2cccnc2Cl)cc1OC. The fourth-order valence-electron chi connectivity index (χ4n) is 1.71. The molecule has 0 saturated carbocycles. The Balaban J connectivity index is 2.07. The Kier molecular flexibility index (Phi) is 5.32. The van der Waals surface area contributed by atoms with Crippen molar-refractivity contribution in [3.8, 4) is 11.5 Å². The van der Waals surface area contributed by atoms with Crippen molar-refractivity contribution in [2.24, 2.45) is 5.10 Å². The van der Waals surface area contributed by atoms with Crippen molar-refractivity contribution in [2.75, 3.05) is 14.2 Å². The molecule has 2 aromatic rings. The molecule has 0 radical (unpaired) electrons. The molecular weight excluding hydrogens is 306 g/mol. The molecule has 114 valence electrons. The zero-order valence-electron chi connectivity index (χ0n) is 12.0. The van der Waals surface area contributed by atoms with Crippen molar-refractivity contribution >= 4 is 23.7 Å². The van der Waals surface area contributed by atoms with Crippen LogP contribution >= 0.6 is 11.6 Å². The van der Waals surface area contributed by atoms with Gasteiger partial charge in [-0.25, -0.2) is 10.4 Å². The molecule has 0 aliphatic heterocycles. The number of hydrazone groups is 1. The summed E-state index contributed by atoms with van der Waals surface area (Å²) in [5.41, 5.74) is 3.39. The number of aromatic nitrogens is 1. The molecule has 1 aromatic carbocycles. The van der Waals surface area contributed by atoms with Crippen LogP contribution in [0.1, 0.15) is 15.9 Å². The summed E-state index contributed by atoms with van der Waals surface area (Å²) in [6.07, 6.45) is 3.00. The van der Waals surface area contributed by atoms with E-state index in [9.17, 15) is 4.79 Å². The van der Waals surface area contributed by atoms with E-state index in [1.165, 1.54) is 12.4 Å². The standard InChI is InChI=1S/C15H14ClN3O3/c1-21-12-6-5-10(8-13(12)22-2)9-18-19-15(20)11-4-3-7-17-14(11)16/h3-9H,1-2H3,(H,19,20). The third kappa shape index (κ3) is 3.73. The Hall–Kier alpha value is -2.60. The molecule has 1 heterocycles. The Morgan fingerprint density at radius 2 is 2.05 bits per heavy atom. The topological polar surface area (TPSA) is 72.8 Å². The van der Waals surface area contributed by atoms with Crippen molar-refractivity contribution < 1.29 is 14.3 Å². The Morgan fingerprint density at radius 1 is 1.27 bits per heavy atom. The van der Waals surface area contributed by atoms with Crippen LogP contribution in [0.3, 0.4) is 0 Å². The summed E-state index contributed by atoms with van der Waals surface area (Å²) in [4.78, 5) is 15.7. The lowest BCUT2D eigenvalue weighted by atomic mass is 10.2. The number of rotatable bonds is 5. The van der Waals surface area contributed by atoms with Gasteiger partial charge in [-0.05, 0) is 35.9 Å². The van der Waals surface area contributed by atoms with Crippen molar-refractivity contribution in [2.45, 2.75) is 0 Å². The highest BCUT2D eigenvalue weighted by atomic mass is 35.5. The molecule has 7 heteroatoms. The van der Waals surface area contributed by atoms with E-state index in [1.807, 2.05) is 0 Å². The maximum absolute atomic E-state index is 11.9. The van der Waals surface area contributed by atoms with Crippen molar-refractivity contribution in [1.82, 2.24) is 10.4 Å². The van der Waals surface area contributed by atoms with E-state index in [0.29, 0.717) is 11.5 Å². The second-order valence-electron chi connectivity index (χ2n) is 4.16. The van der Waals surface area contributed by atoms with Gasteiger partial charge in [-0.2, -0.15) is 5.10 Å². The lowest BCUT2D eigenvalue weighted by Crippen LogP contribution is -2.18. The number of nitrogens with one attached hydrogen (secondary N) is 1. The molecule has 0 bridgehead atoms. The van der Waals surface area contributed by atoms with Crippen molar-refractivity contribution in [1.29, 1.82) is 0 Å². The van der Waals surface area contributed by atoms with Gasteiger partial charge in [0.2, 0.25) is 0 Å². The lowest BCUT2D eigenvalue weighted by molar-refractivity contribution is 0.0955. The molecule has 0 aliphatic rings. The molecule has 0 spiro atoms. The maximum Gasteiger partial charge on any atom is 0.274 e. The van der Waals surface area contributed by atoms with E-state index in [-0.39, 0.29) is 10.7 Å². The van der Waals surface area contributed by atoms with Gasteiger partial charge in [0.25, 0.3) is 5.91 Å². The summed E-state index contributed by atoms with van der Waals surface area (Å²) >= 11 is 5.83. The van der Waals surface area contributed by atoms with E-state index in [4.69, 9.17) is 21.1 Å². The number of benzene rings is 1. The third-order valence-corrected chi connectivity index (χ3v) is 3.09. The molecule has 1 aromatic heterocycles. The first-order chi connectivity index (χ1) is 10.7. The first kappa shape index (κ1) is 15.8. The minimum absolute atomic E-state index is 0.126. The number of carbonyl (C=O) groups excluding carboxylic acids is 1. The van der Waals surface area contributed by atoms with Crippen LogP contribution in [0.15, 0.2) is 41.6 Å². The normalized spacial score (nSPS) is 10.5. The van der Waals surface area contributed by atoms with E-state index < -0.39 is 5.91 Å². The number of methoxy groups -OCH3 is 2. The molecule has 1 amide bonds. The molecule has 0 fully saturated rings. The minimum atomic E-state index is -0.435. The minimum Gasteiger partial charge on any atom is -0.493 e. The van der Waals surface area contributed by atoms with Gasteiger partial charge in [-0.15, -0.1) is 0 Å². The zero-order chi connectivity index (χ0) is 15.9. The molecule has 0 unspecified atom stereocenters. The molecule has 22 heavy (non-hydrogen) atoms. The highest BCUT2D eigenvalue weighted by molar-refractivity contribution is 6.32. The van der Waals surface area contributed by atoms with E-state index >= 15 is 0 Å². The van der Waals surface area contributed by atoms with Crippen LogP contribution in [0, 0.1) is 0 Å². The maximum atomic E-state index is 11.9. The fraction of sp³-hybridized carbons (Fsp3) is 0.133. The molecule has 2 rings (SSSR count). The first-order valence-corrected chi connectivity index (χ1v) is 6.69. The van der Waals surface area contributed by atoms with Crippen LogP contribution < -0.4 is 14.9 Å². The average molecular weight is 320 g/mol. The third-order valence-electron chi connectivity index (χ3n) is 2.79. The summed E-state index contributed by atoms with van der Waals surface area (Å²) in [6, 6.07) is 8.47. The number of nitrogens with zero attached hydrogens (tertiary/aromatic N) is 2. The van der Waals surface area contributed by atoms with E-state index in [0.717, 1.165) is 5.56 Å². The zero-order valence-corrected chi connectivity index (χ0v) is 12.8.